The van der Waals surface area contributed by atoms with E-state index in [2.05, 4.69) is 0 Å². The Bertz CT molecular complexity index is 792. The third-order valence-corrected chi connectivity index (χ3v) is 3.18. The largest absolute Gasteiger partial charge is 0.482 e. The number of ether oxygens (including phenoxy) is 3. The fraction of sp³-hybridized carbons (Fsp3) is 0.133. The van der Waals surface area contributed by atoms with Crippen LogP contribution in [0.4, 0.5) is 10.1 Å². The van der Waals surface area contributed by atoms with Crippen molar-refractivity contribution in [1.82, 2.24) is 0 Å². The summed E-state index contributed by atoms with van der Waals surface area (Å²) in [6, 6.07) is 7.61. The molecule has 1 aliphatic heterocycles. The fourth-order valence-electron chi connectivity index (χ4n) is 2.02. The summed E-state index contributed by atoms with van der Waals surface area (Å²) in [7, 11) is 0. The van der Waals surface area contributed by atoms with Crippen molar-refractivity contribution in [3.05, 3.63) is 57.9 Å². The molecular formula is C15H10FNO6. The zero-order chi connectivity index (χ0) is 16.4. The van der Waals surface area contributed by atoms with Gasteiger partial charge in [0.15, 0.2) is 35.5 Å². The van der Waals surface area contributed by atoms with Crippen LogP contribution in [0.1, 0.15) is 10.4 Å². The minimum Gasteiger partial charge on any atom is -0.482 e. The standard InChI is InChI=1S/C15H10FNO6/c16-11-6-10(17(19)20)2-4-13(11)21-7-12(18)9-1-3-14-15(5-9)23-8-22-14/h1-6H,7-8H2. The molecule has 1 aliphatic rings. The van der Waals surface area contributed by atoms with Crippen molar-refractivity contribution in [1.29, 1.82) is 0 Å². The van der Waals surface area contributed by atoms with Gasteiger partial charge in [0.05, 0.1) is 11.0 Å². The number of hydrogen-bond donors (Lipinski definition) is 0. The van der Waals surface area contributed by atoms with Crippen LogP contribution >= 0.6 is 0 Å². The van der Waals surface area contributed by atoms with Crippen molar-refractivity contribution in [2.24, 2.45) is 0 Å². The van der Waals surface area contributed by atoms with Crippen LogP contribution in [0.15, 0.2) is 36.4 Å². The second-order valence-corrected chi connectivity index (χ2v) is 4.65. The Morgan fingerprint density at radius 3 is 2.74 bits per heavy atom. The van der Waals surface area contributed by atoms with Gasteiger partial charge >= 0.3 is 0 Å². The van der Waals surface area contributed by atoms with Gasteiger partial charge in [-0.2, -0.15) is 0 Å². The van der Waals surface area contributed by atoms with E-state index in [-0.39, 0.29) is 18.3 Å². The monoisotopic (exact) mass is 319 g/mol. The molecule has 0 saturated heterocycles. The van der Waals surface area contributed by atoms with E-state index < -0.39 is 23.0 Å². The van der Waals surface area contributed by atoms with Gasteiger partial charge in [0.2, 0.25) is 6.79 Å². The number of benzene rings is 2. The molecule has 0 radical (unpaired) electrons. The molecule has 23 heavy (non-hydrogen) atoms. The van der Waals surface area contributed by atoms with Gasteiger partial charge in [-0.15, -0.1) is 0 Å². The number of hydrogen-bond acceptors (Lipinski definition) is 6. The Labute approximate surface area is 129 Å². The number of nitro groups is 1. The number of non-ortho nitro benzene ring substituents is 1. The summed E-state index contributed by atoms with van der Waals surface area (Å²) in [5.74, 6) is -0.523. The highest BCUT2D eigenvalue weighted by Crippen LogP contribution is 2.32. The van der Waals surface area contributed by atoms with E-state index in [4.69, 9.17) is 14.2 Å². The van der Waals surface area contributed by atoms with E-state index in [0.29, 0.717) is 17.1 Å². The summed E-state index contributed by atoms with van der Waals surface area (Å²) in [6.45, 7) is -0.314. The molecule has 2 aromatic carbocycles. The van der Waals surface area contributed by atoms with Gasteiger partial charge < -0.3 is 14.2 Å². The van der Waals surface area contributed by atoms with Crippen molar-refractivity contribution in [2.75, 3.05) is 13.4 Å². The zero-order valence-electron chi connectivity index (χ0n) is 11.7. The minimum atomic E-state index is -0.905. The molecule has 3 rings (SSSR count). The second kappa shape index (κ2) is 5.91. The molecular weight excluding hydrogens is 309 g/mol. The molecule has 1 heterocycles. The van der Waals surface area contributed by atoms with Crippen LogP contribution in [0.25, 0.3) is 0 Å². The zero-order valence-corrected chi connectivity index (χ0v) is 11.7. The minimum absolute atomic E-state index is 0.0947. The molecule has 0 saturated carbocycles. The van der Waals surface area contributed by atoms with Gasteiger partial charge in [-0.1, -0.05) is 0 Å². The summed E-state index contributed by atoms with van der Waals surface area (Å²) >= 11 is 0. The Balaban J connectivity index is 1.68. The van der Waals surface area contributed by atoms with E-state index in [1.165, 1.54) is 6.07 Å². The van der Waals surface area contributed by atoms with Gasteiger partial charge in [0.25, 0.3) is 5.69 Å². The third-order valence-electron chi connectivity index (χ3n) is 3.18. The van der Waals surface area contributed by atoms with Crippen LogP contribution < -0.4 is 14.2 Å². The van der Waals surface area contributed by atoms with Gasteiger partial charge in [-0.05, 0) is 24.3 Å². The van der Waals surface area contributed by atoms with Gasteiger partial charge in [-0.3, -0.25) is 14.9 Å². The van der Waals surface area contributed by atoms with Crippen LogP contribution in [0, 0.1) is 15.9 Å². The first-order valence-electron chi connectivity index (χ1n) is 6.54. The van der Waals surface area contributed by atoms with Crippen LogP contribution in [0.5, 0.6) is 17.2 Å². The first kappa shape index (κ1) is 14.8. The first-order chi connectivity index (χ1) is 11.0. The lowest BCUT2D eigenvalue weighted by molar-refractivity contribution is -0.385. The Hall–Kier alpha value is -3.16. The van der Waals surface area contributed by atoms with Crippen LogP contribution in [-0.2, 0) is 0 Å². The maximum Gasteiger partial charge on any atom is 0.272 e. The molecule has 0 unspecified atom stereocenters. The van der Waals surface area contributed by atoms with Crippen LogP contribution in [-0.4, -0.2) is 24.1 Å². The van der Waals surface area contributed by atoms with E-state index in [1.54, 1.807) is 12.1 Å². The molecule has 8 heteroatoms. The lowest BCUT2D eigenvalue weighted by Gasteiger charge is -2.07. The normalized spacial score (nSPS) is 12.0. The Morgan fingerprint density at radius 1 is 1.22 bits per heavy atom. The van der Waals surface area contributed by atoms with E-state index in [0.717, 1.165) is 18.2 Å². The van der Waals surface area contributed by atoms with Gasteiger partial charge in [-0.25, -0.2) is 4.39 Å². The average Bonchev–Trinajstić information content (AvgIpc) is 3.00. The molecule has 2 aromatic rings. The number of nitrogens with zero attached hydrogens (tertiary/aromatic N) is 1. The Kier molecular flexibility index (Phi) is 3.80. The summed E-state index contributed by atoms with van der Waals surface area (Å²) in [5, 5.41) is 10.5. The third kappa shape index (κ3) is 3.05. The van der Waals surface area contributed by atoms with Crippen molar-refractivity contribution in [2.45, 2.75) is 0 Å². The number of rotatable bonds is 5. The van der Waals surface area contributed by atoms with Crippen molar-refractivity contribution in [3.63, 3.8) is 0 Å². The van der Waals surface area contributed by atoms with Gasteiger partial charge in [0.1, 0.15) is 0 Å². The predicted octanol–water partition coefficient (Wildman–Crippen LogP) is 2.72. The molecule has 0 bridgehead atoms. The van der Waals surface area contributed by atoms with E-state index >= 15 is 0 Å². The number of Topliss-reactive ketones (excluding diaryl/α,β-unsaturated/α-hetero) is 1. The van der Waals surface area contributed by atoms with Crippen molar-refractivity contribution < 1.29 is 28.3 Å². The number of halogens is 1. The fourth-order valence-corrected chi connectivity index (χ4v) is 2.02. The topological polar surface area (TPSA) is 87.9 Å². The van der Waals surface area contributed by atoms with E-state index in [9.17, 15) is 19.3 Å². The molecule has 0 spiro atoms. The number of fused-ring (bicyclic) bond motifs is 1. The highest BCUT2D eigenvalue weighted by atomic mass is 19.1. The molecule has 0 fully saturated rings. The highest BCUT2D eigenvalue weighted by Gasteiger charge is 2.17. The summed E-state index contributed by atoms with van der Waals surface area (Å²) < 4.78 is 29.1. The van der Waals surface area contributed by atoms with Crippen LogP contribution in [0.3, 0.4) is 0 Å². The van der Waals surface area contributed by atoms with Crippen LogP contribution in [0.2, 0.25) is 0 Å². The lowest BCUT2D eigenvalue weighted by Crippen LogP contribution is -2.12. The number of nitro benzene ring substituents is 1. The van der Waals surface area contributed by atoms with Crippen molar-refractivity contribution in [3.8, 4) is 17.2 Å². The maximum absolute atomic E-state index is 13.7. The number of carbonyl (C=O) groups is 1. The van der Waals surface area contributed by atoms with Gasteiger partial charge in [0, 0.05) is 11.6 Å². The molecule has 0 N–H and O–H groups in total. The number of carbonyl (C=O) groups excluding carboxylic acids is 1. The second-order valence-electron chi connectivity index (χ2n) is 4.65. The Morgan fingerprint density at radius 2 is 2.00 bits per heavy atom. The molecule has 0 atom stereocenters. The summed E-state index contributed by atoms with van der Waals surface area (Å²) in [6.07, 6.45) is 0. The molecule has 0 aliphatic carbocycles. The smallest absolute Gasteiger partial charge is 0.272 e. The number of ketones is 1. The highest BCUT2D eigenvalue weighted by molar-refractivity contribution is 5.97. The average molecular weight is 319 g/mol. The first-order valence-corrected chi connectivity index (χ1v) is 6.54. The van der Waals surface area contributed by atoms with Crippen molar-refractivity contribution >= 4 is 11.5 Å². The summed E-state index contributed by atoms with van der Waals surface area (Å²) in [5.41, 5.74) is -0.0616. The lowest BCUT2D eigenvalue weighted by atomic mass is 10.1. The SMILES string of the molecule is O=C(COc1ccc([N+](=O)[O-])cc1F)c1ccc2c(c1)OCO2. The van der Waals surface area contributed by atoms with E-state index in [1.807, 2.05) is 0 Å². The molecule has 118 valence electrons. The molecule has 0 aromatic heterocycles. The maximum atomic E-state index is 13.7. The predicted molar refractivity (Wildman–Crippen MR) is 75.4 cm³/mol. The quantitative estimate of drug-likeness (QED) is 0.478. The molecule has 7 nitrogen and oxygen atoms in total. The molecule has 0 amide bonds. The summed E-state index contributed by atoms with van der Waals surface area (Å²) in [4.78, 5) is 21.9.